The molecule has 0 saturated heterocycles. The molecule has 0 radical (unpaired) electrons. The van der Waals surface area contributed by atoms with Gasteiger partial charge in [-0.05, 0) is 44.6 Å². The SMILES string of the molecule is Cc1oc(CN(CC2CC2)C2CC2)cc1CN. The number of hydrogen-bond acceptors (Lipinski definition) is 3. The van der Waals surface area contributed by atoms with Crippen LogP contribution in [0.4, 0.5) is 0 Å². The summed E-state index contributed by atoms with van der Waals surface area (Å²) >= 11 is 0. The average molecular weight is 234 g/mol. The van der Waals surface area contributed by atoms with Crippen LogP contribution in [-0.2, 0) is 13.1 Å². The third-order valence-corrected chi connectivity index (χ3v) is 3.90. The van der Waals surface area contributed by atoms with Crippen LogP contribution in [0.15, 0.2) is 10.5 Å². The molecule has 3 heteroatoms. The van der Waals surface area contributed by atoms with Crippen molar-refractivity contribution in [1.82, 2.24) is 4.90 Å². The zero-order valence-corrected chi connectivity index (χ0v) is 10.6. The van der Waals surface area contributed by atoms with Crippen molar-refractivity contribution in [2.24, 2.45) is 11.7 Å². The predicted molar refractivity (Wildman–Crippen MR) is 67.5 cm³/mol. The second-order valence-electron chi connectivity index (χ2n) is 5.60. The minimum absolute atomic E-state index is 0.585. The van der Waals surface area contributed by atoms with Crippen molar-refractivity contribution in [2.45, 2.75) is 51.7 Å². The van der Waals surface area contributed by atoms with Gasteiger partial charge in [0.1, 0.15) is 11.5 Å². The molecule has 0 unspecified atom stereocenters. The van der Waals surface area contributed by atoms with Crippen LogP contribution in [0.25, 0.3) is 0 Å². The smallest absolute Gasteiger partial charge is 0.118 e. The summed E-state index contributed by atoms with van der Waals surface area (Å²) in [5.74, 6) is 3.04. The molecule has 0 spiro atoms. The maximum atomic E-state index is 5.79. The zero-order chi connectivity index (χ0) is 11.8. The highest BCUT2D eigenvalue weighted by Crippen LogP contribution is 2.35. The lowest BCUT2D eigenvalue weighted by atomic mass is 10.2. The van der Waals surface area contributed by atoms with Gasteiger partial charge in [0, 0.05) is 24.7 Å². The van der Waals surface area contributed by atoms with Crippen molar-refractivity contribution < 1.29 is 4.42 Å². The van der Waals surface area contributed by atoms with Crippen LogP contribution in [0.3, 0.4) is 0 Å². The van der Waals surface area contributed by atoms with Crippen molar-refractivity contribution in [3.63, 3.8) is 0 Å². The Balaban J connectivity index is 1.65. The highest BCUT2D eigenvalue weighted by Gasteiger charge is 2.34. The number of nitrogens with two attached hydrogens (primary N) is 1. The molecule has 0 atom stereocenters. The van der Waals surface area contributed by atoms with E-state index in [1.807, 2.05) is 6.92 Å². The van der Waals surface area contributed by atoms with Gasteiger partial charge in [-0.25, -0.2) is 0 Å². The van der Waals surface area contributed by atoms with Gasteiger partial charge in [0.05, 0.1) is 6.54 Å². The van der Waals surface area contributed by atoms with E-state index < -0.39 is 0 Å². The molecule has 2 aliphatic carbocycles. The fourth-order valence-electron chi connectivity index (χ4n) is 2.48. The monoisotopic (exact) mass is 234 g/mol. The molecule has 0 aromatic carbocycles. The molecule has 0 aliphatic heterocycles. The van der Waals surface area contributed by atoms with Gasteiger partial charge < -0.3 is 10.2 Å². The molecule has 2 fully saturated rings. The lowest BCUT2D eigenvalue weighted by Crippen LogP contribution is -2.27. The van der Waals surface area contributed by atoms with E-state index >= 15 is 0 Å². The molecule has 2 aliphatic rings. The summed E-state index contributed by atoms with van der Waals surface area (Å²) in [4.78, 5) is 2.61. The number of nitrogens with zero attached hydrogens (tertiary/aromatic N) is 1. The van der Waals surface area contributed by atoms with Crippen molar-refractivity contribution in [1.29, 1.82) is 0 Å². The van der Waals surface area contributed by atoms with Crippen molar-refractivity contribution >= 4 is 0 Å². The summed E-state index contributed by atoms with van der Waals surface area (Å²) < 4.78 is 5.79. The van der Waals surface area contributed by atoms with Crippen LogP contribution in [-0.4, -0.2) is 17.5 Å². The molecule has 94 valence electrons. The topological polar surface area (TPSA) is 42.4 Å². The zero-order valence-electron chi connectivity index (χ0n) is 10.6. The molecule has 2 saturated carbocycles. The summed E-state index contributed by atoms with van der Waals surface area (Å²) in [6.07, 6.45) is 5.59. The van der Waals surface area contributed by atoms with Gasteiger partial charge in [-0.3, -0.25) is 4.90 Å². The van der Waals surface area contributed by atoms with Crippen molar-refractivity contribution in [2.75, 3.05) is 6.54 Å². The molecule has 1 aromatic rings. The molecule has 1 heterocycles. The Morgan fingerprint density at radius 1 is 1.35 bits per heavy atom. The molecule has 0 bridgehead atoms. The van der Waals surface area contributed by atoms with Gasteiger partial charge in [0.25, 0.3) is 0 Å². The molecule has 17 heavy (non-hydrogen) atoms. The minimum Gasteiger partial charge on any atom is -0.465 e. The van der Waals surface area contributed by atoms with Crippen LogP contribution in [0.2, 0.25) is 0 Å². The van der Waals surface area contributed by atoms with Crippen LogP contribution in [0.1, 0.15) is 42.8 Å². The maximum absolute atomic E-state index is 5.79. The van der Waals surface area contributed by atoms with E-state index in [2.05, 4.69) is 11.0 Å². The highest BCUT2D eigenvalue weighted by molar-refractivity contribution is 5.20. The van der Waals surface area contributed by atoms with Crippen LogP contribution in [0.5, 0.6) is 0 Å². The van der Waals surface area contributed by atoms with Gasteiger partial charge in [0.2, 0.25) is 0 Å². The van der Waals surface area contributed by atoms with Gasteiger partial charge in [-0.15, -0.1) is 0 Å². The first-order valence-corrected chi connectivity index (χ1v) is 6.78. The molecule has 0 amide bonds. The van der Waals surface area contributed by atoms with Gasteiger partial charge in [-0.2, -0.15) is 0 Å². The largest absolute Gasteiger partial charge is 0.465 e. The van der Waals surface area contributed by atoms with Crippen LogP contribution < -0.4 is 5.73 Å². The Morgan fingerprint density at radius 3 is 2.65 bits per heavy atom. The predicted octanol–water partition coefficient (Wildman–Crippen LogP) is 2.42. The van der Waals surface area contributed by atoms with Crippen LogP contribution in [0, 0.1) is 12.8 Å². The summed E-state index contributed by atoms with van der Waals surface area (Å²) in [5, 5.41) is 0. The Kier molecular flexibility index (Phi) is 2.97. The van der Waals surface area contributed by atoms with E-state index in [0.717, 1.165) is 35.6 Å². The summed E-state index contributed by atoms with van der Waals surface area (Å²) in [5.41, 5.74) is 6.84. The first-order valence-electron chi connectivity index (χ1n) is 6.78. The number of hydrogen-bond donors (Lipinski definition) is 1. The van der Waals surface area contributed by atoms with Gasteiger partial charge in [-0.1, -0.05) is 0 Å². The fourth-order valence-corrected chi connectivity index (χ4v) is 2.48. The lowest BCUT2D eigenvalue weighted by molar-refractivity contribution is 0.223. The van der Waals surface area contributed by atoms with E-state index in [0.29, 0.717) is 6.54 Å². The molecular formula is C14H22N2O. The normalized spacial score (nSPS) is 20.2. The second-order valence-corrected chi connectivity index (χ2v) is 5.60. The highest BCUT2D eigenvalue weighted by atomic mass is 16.3. The van der Waals surface area contributed by atoms with Crippen LogP contribution >= 0.6 is 0 Å². The van der Waals surface area contributed by atoms with Gasteiger partial charge >= 0.3 is 0 Å². The van der Waals surface area contributed by atoms with E-state index in [1.165, 1.54) is 32.2 Å². The van der Waals surface area contributed by atoms with Gasteiger partial charge in [0.15, 0.2) is 0 Å². The Labute approximate surface area is 103 Å². The first-order chi connectivity index (χ1) is 8.26. The van der Waals surface area contributed by atoms with E-state index in [9.17, 15) is 0 Å². The third kappa shape index (κ3) is 2.72. The van der Waals surface area contributed by atoms with E-state index in [1.54, 1.807) is 0 Å². The number of furan rings is 1. The minimum atomic E-state index is 0.585. The Bertz CT molecular complexity index is 391. The van der Waals surface area contributed by atoms with E-state index in [4.69, 9.17) is 10.2 Å². The molecule has 2 N–H and O–H groups in total. The second kappa shape index (κ2) is 4.46. The number of rotatable bonds is 6. The Morgan fingerprint density at radius 2 is 2.12 bits per heavy atom. The fraction of sp³-hybridized carbons (Fsp3) is 0.714. The molecule has 1 aromatic heterocycles. The standard InChI is InChI=1S/C14H22N2O/c1-10-12(7-15)6-14(17-10)9-16(13-4-5-13)8-11-2-3-11/h6,11,13H,2-5,7-9,15H2,1H3. The molecule has 3 rings (SSSR count). The van der Waals surface area contributed by atoms with Crippen molar-refractivity contribution in [3.05, 3.63) is 23.2 Å². The van der Waals surface area contributed by atoms with Crippen molar-refractivity contribution in [3.8, 4) is 0 Å². The number of aryl methyl sites for hydroxylation is 1. The first kappa shape index (κ1) is 11.3. The summed E-state index contributed by atoms with van der Waals surface area (Å²) in [7, 11) is 0. The molecule has 3 nitrogen and oxygen atoms in total. The third-order valence-electron chi connectivity index (χ3n) is 3.90. The average Bonchev–Trinajstić information content (AvgIpc) is 3.17. The Hall–Kier alpha value is -0.800. The van der Waals surface area contributed by atoms with E-state index in [-0.39, 0.29) is 0 Å². The quantitative estimate of drug-likeness (QED) is 0.822. The summed E-state index contributed by atoms with van der Waals surface area (Å²) in [6, 6.07) is 2.96. The maximum Gasteiger partial charge on any atom is 0.118 e. The summed E-state index contributed by atoms with van der Waals surface area (Å²) in [6.45, 7) is 4.83. The molecular weight excluding hydrogens is 212 g/mol. The lowest BCUT2D eigenvalue weighted by Gasteiger charge is -2.20.